The second-order valence-electron chi connectivity index (χ2n) is 3.19. The lowest BCUT2D eigenvalue weighted by atomic mass is 10.3. The van der Waals surface area contributed by atoms with Crippen molar-refractivity contribution in [2.24, 2.45) is 7.05 Å². The van der Waals surface area contributed by atoms with Gasteiger partial charge in [-0.2, -0.15) is 4.57 Å². The summed E-state index contributed by atoms with van der Waals surface area (Å²) in [6.07, 6.45) is 2.11. The van der Waals surface area contributed by atoms with Crippen molar-refractivity contribution in [3.8, 4) is 5.75 Å². The molecule has 0 unspecified atom stereocenters. The van der Waals surface area contributed by atoms with Crippen molar-refractivity contribution in [1.82, 2.24) is 0 Å². The average molecular weight is 367 g/mol. The van der Waals surface area contributed by atoms with Gasteiger partial charge in [-0.15, -0.1) is 0 Å². The largest absolute Gasteiger partial charge is 1.00 e. The predicted molar refractivity (Wildman–Crippen MR) is 66.0 cm³/mol. The minimum absolute atomic E-state index is 0. The van der Waals surface area contributed by atoms with E-state index in [0.717, 1.165) is 12.4 Å². The van der Waals surface area contributed by atoms with Gasteiger partial charge in [0.1, 0.15) is 17.5 Å². The molecule has 0 saturated carbocycles. The van der Waals surface area contributed by atoms with Gasteiger partial charge in [0.2, 0.25) is 5.52 Å². The molecule has 0 atom stereocenters. The van der Waals surface area contributed by atoms with Crippen LogP contribution in [-0.2, 0) is 7.05 Å². The Bertz CT molecular complexity index is 484. The van der Waals surface area contributed by atoms with Gasteiger partial charge < -0.3 is 28.7 Å². The summed E-state index contributed by atoms with van der Waals surface area (Å²) in [7, 11) is 2.10. The highest BCUT2D eigenvalue weighted by atomic mass is 127. The minimum atomic E-state index is 0. The Morgan fingerprint density at radius 2 is 2.19 bits per heavy atom. The van der Waals surface area contributed by atoms with Crippen molar-refractivity contribution >= 4 is 33.3 Å². The zero-order valence-corrected chi connectivity index (χ0v) is 13.3. The van der Waals surface area contributed by atoms with Crippen LogP contribution in [0.4, 0.5) is 0 Å². The summed E-state index contributed by atoms with van der Waals surface area (Å²) in [5.74, 6) is 0.958. The lowest BCUT2D eigenvalue weighted by Gasteiger charge is -2.00. The molecule has 0 aliphatic heterocycles. The van der Waals surface area contributed by atoms with Crippen molar-refractivity contribution < 1.29 is 33.3 Å². The van der Waals surface area contributed by atoms with Crippen LogP contribution < -0.4 is 33.3 Å². The number of aryl methyl sites for hydroxylation is 1. The molecule has 2 nitrogen and oxygen atoms in total. The molecule has 1 aromatic carbocycles. The number of hydrogen-bond donors (Lipinski definition) is 0. The molecule has 0 bridgehead atoms. The fourth-order valence-electron chi connectivity index (χ4n) is 1.55. The monoisotopic (exact) mass is 367 g/mol. The van der Waals surface area contributed by atoms with E-state index in [-0.39, 0.29) is 24.0 Å². The number of ether oxygens (including phenoxy) is 1. The fraction of sp³-hybridized carbons (Fsp3) is 0.364. The van der Waals surface area contributed by atoms with Gasteiger partial charge in [-0.25, -0.2) is 0 Å². The Morgan fingerprint density at radius 3 is 2.81 bits per heavy atom. The predicted octanol–water partition coefficient (Wildman–Crippen LogP) is -0.150. The Kier molecular flexibility index (Phi) is 5.33. The van der Waals surface area contributed by atoms with Gasteiger partial charge >= 0.3 is 0 Å². The van der Waals surface area contributed by atoms with Gasteiger partial charge in [0.15, 0.2) is 0 Å². The molecule has 88 valence electrons. The van der Waals surface area contributed by atoms with Gasteiger partial charge in [0, 0.05) is 12.1 Å². The summed E-state index contributed by atoms with van der Waals surface area (Å²) in [6.45, 7) is 2.73. The molecule has 0 amide bonds. The number of thioether (sulfide) groups is 1. The Morgan fingerprint density at radius 1 is 1.44 bits per heavy atom. The van der Waals surface area contributed by atoms with Gasteiger partial charge in [-0.3, -0.25) is 0 Å². The van der Waals surface area contributed by atoms with Crippen LogP contribution in [0.1, 0.15) is 6.92 Å². The summed E-state index contributed by atoms with van der Waals surface area (Å²) in [5, 5.41) is 0. The highest BCUT2D eigenvalue weighted by Crippen LogP contribution is 2.28. The SMILES string of the molecule is CCOc1ccc2c(c1)sc(SC)[n+]2C.[I-]. The van der Waals surface area contributed by atoms with Crippen LogP contribution in [0.2, 0.25) is 0 Å². The second kappa shape index (κ2) is 6.07. The van der Waals surface area contributed by atoms with E-state index in [9.17, 15) is 0 Å². The second-order valence-corrected chi connectivity index (χ2v) is 5.28. The van der Waals surface area contributed by atoms with Crippen LogP contribution in [0.3, 0.4) is 0 Å². The molecule has 0 spiro atoms. The molecule has 1 heterocycles. The number of thiazole rings is 1. The summed E-state index contributed by atoms with van der Waals surface area (Å²) >= 11 is 3.59. The number of aromatic nitrogens is 1. The first kappa shape index (κ1) is 14.1. The topological polar surface area (TPSA) is 13.1 Å². The number of halogens is 1. The molecular weight excluding hydrogens is 353 g/mol. The number of hydrogen-bond acceptors (Lipinski definition) is 3. The zero-order valence-electron chi connectivity index (χ0n) is 9.49. The Balaban J connectivity index is 0.00000128. The standard InChI is InChI=1S/C11H14NOS2.HI/c1-4-13-8-5-6-9-10(7-8)15-11(14-3)12(9)2;/h5-7H,4H2,1-3H3;1H/q+1;/p-1. The lowest BCUT2D eigenvalue weighted by molar-refractivity contribution is -0.676. The van der Waals surface area contributed by atoms with Crippen LogP contribution in [0.5, 0.6) is 5.75 Å². The maximum Gasteiger partial charge on any atom is 0.297 e. The van der Waals surface area contributed by atoms with Crippen LogP contribution in [-0.4, -0.2) is 12.9 Å². The average Bonchev–Trinajstić information content (AvgIpc) is 2.56. The van der Waals surface area contributed by atoms with E-state index >= 15 is 0 Å². The first-order chi connectivity index (χ1) is 7.26. The molecule has 2 aromatic rings. The van der Waals surface area contributed by atoms with E-state index < -0.39 is 0 Å². The zero-order chi connectivity index (χ0) is 10.8. The van der Waals surface area contributed by atoms with Crippen molar-refractivity contribution in [2.45, 2.75) is 11.3 Å². The van der Waals surface area contributed by atoms with Crippen molar-refractivity contribution in [1.29, 1.82) is 0 Å². The number of benzene rings is 1. The summed E-state index contributed by atoms with van der Waals surface area (Å²) in [5.41, 5.74) is 1.27. The Hall–Kier alpha value is -0.0100. The normalized spacial score (nSPS) is 10.2. The van der Waals surface area contributed by atoms with Gasteiger partial charge in [-0.05, 0) is 31.0 Å². The molecule has 16 heavy (non-hydrogen) atoms. The van der Waals surface area contributed by atoms with Gasteiger partial charge in [0.25, 0.3) is 4.34 Å². The Labute approximate surface area is 121 Å². The third kappa shape index (κ3) is 2.62. The van der Waals surface area contributed by atoms with Crippen LogP contribution in [0.15, 0.2) is 22.5 Å². The number of fused-ring (bicyclic) bond motifs is 1. The fourth-order valence-corrected chi connectivity index (χ4v) is 3.43. The molecule has 0 N–H and O–H groups in total. The molecule has 1 aromatic heterocycles. The summed E-state index contributed by atoms with van der Waals surface area (Å²) in [6, 6.07) is 6.27. The molecule has 5 heteroatoms. The summed E-state index contributed by atoms with van der Waals surface area (Å²) in [4.78, 5) is 0. The molecule has 2 rings (SSSR count). The molecule has 0 fully saturated rings. The van der Waals surface area contributed by atoms with E-state index in [1.807, 2.05) is 24.3 Å². The van der Waals surface area contributed by atoms with E-state index in [1.165, 1.54) is 14.6 Å². The quantitative estimate of drug-likeness (QED) is 0.425. The first-order valence-corrected chi connectivity index (χ1v) is 6.89. The first-order valence-electron chi connectivity index (χ1n) is 4.85. The lowest BCUT2D eigenvalue weighted by Crippen LogP contribution is -3.00. The van der Waals surface area contributed by atoms with Gasteiger partial charge in [0.05, 0.1) is 6.61 Å². The molecule has 0 saturated heterocycles. The van der Waals surface area contributed by atoms with E-state index in [2.05, 4.69) is 30.0 Å². The highest BCUT2D eigenvalue weighted by Gasteiger charge is 2.16. The number of rotatable bonds is 3. The van der Waals surface area contributed by atoms with Crippen LogP contribution in [0.25, 0.3) is 10.2 Å². The molecule has 0 aliphatic carbocycles. The van der Waals surface area contributed by atoms with E-state index in [4.69, 9.17) is 4.74 Å². The van der Waals surface area contributed by atoms with Crippen LogP contribution >= 0.6 is 23.1 Å². The molecule has 0 radical (unpaired) electrons. The third-order valence-electron chi connectivity index (χ3n) is 2.25. The molecular formula is C11H14INOS2. The molecule has 0 aliphatic rings. The minimum Gasteiger partial charge on any atom is -1.00 e. The van der Waals surface area contributed by atoms with Crippen molar-refractivity contribution in [3.63, 3.8) is 0 Å². The van der Waals surface area contributed by atoms with Gasteiger partial charge in [-0.1, -0.05) is 11.3 Å². The maximum atomic E-state index is 5.49. The highest BCUT2D eigenvalue weighted by molar-refractivity contribution is 8.00. The maximum absolute atomic E-state index is 5.49. The van der Waals surface area contributed by atoms with Crippen LogP contribution in [0, 0.1) is 0 Å². The summed E-state index contributed by atoms with van der Waals surface area (Å²) < 4.78 is 10.3. The third-order valence-corrected chi connectivity index (χ3v) is 4.62. The van der Waals surface area contributed by atoms with E-state index in [1.54, 1.807) is 11.8 Å². The van der Waals surface area contributed by atoms with Crippen molar-refractivity contribution in [2.75, 3.05) is 12.9 Å². The van der Waals surface area contributed by atoms with E-state index in [0.29, 0.717) is 0 Å². The number of nitrogens with zero attached hydrogens (tertiary/aromatic N) is 1. The van der Waals surface area contributed by atoms with Crippen molar-refractivity contribution in [3.05, 3.63) is 18.2 Å². The smallest absolute Gasteiger partial charge is 0.297 e.